The number of carboxylic acid groups (broad SMARTS) is 1. The minimum Gasteiger partial charge on any atom is -0.544 e. The van der Waals surface area contributed by atoms with Crippen molar-refractivity contribution in [1.29, 1.82) is 0 Å². The van der Waals surface area contributed by atoms with Gasteiger partial charge in [-0.05, 0) is 64.2 Å². The molecular weight excluding hydrogens is 775 g/mol. The molecule has 0 saturated heterocycles. The van der Waals surface area contributed by atoms with E-state index in [0.29, 0.717) is 12.8 Å². The van der Waals surface area contributed by atoms with Crippen molar-refractivity contribution >= 4 is 17.9 Å². The molecule has 62 heavy (non-hydrogen) atoms. The summed E-state index contributed by atoms with van der Waals surface area (Å²) in [4.78, 5) is 37.0. The van der Waals surface area contributed by atoms with Crippen LogP contribution in [0.5, 0.6) is 0 Å². The zero-order chi connectivity index (χ0) is 45.6. The van der Waals surface area contributed by atoms with Crippen LogP contribution >= 0.6 is 0 Å². The summed E-state index contributed by atoms with van der Waals surface area (Å²) in [6.07, 6.45) is 52.1. The minimum atomic E-state index is -1.12. The topological polar surface area (TPSA) is 102 Å². The molecule has 8 nitrogen and oxygen atoms in total. The third-order valence-corrected chi connectivity index (χ3v) is 12.1. The Morgan fingerprint density at radius 2 is 0.806 bits per heavy atom. The molecular formula is C54H101NO7. The maximum Gasteiger partial charge on any atom is 0.306 e. The normalized spacial score (nSPS) is 13.0. The van der Waals surface area contributed by atoms with Gasteiger partial charge < -0.3 is 28.6 Å². The lowest BCUT2D eigenvalue weighted by atomic mass is 10.1. The van der Waals surface area contributed by atoms with E-state index in [1.54, 1.807) is 21.1 Å². The van der Waals surface area contributed by atoms with E-state index in [2.05, 4.69) is 38.2 Å². The molecule has 0 aromatic rings. The Kier molecular flexibility index (Phi) is 43.8. The van der Waals surface area contributed by atoms with E-state index >= 15 is 0 Å². The van der Waals surface area contributed by atoms with E-state index in [-0.39, 0.29) is 42.7 Å². The number of rotatable bonds is 48. The van der Waals surface area contributed by atoms with Gasteiger partial charge in [-0.15, -0.1) is 0 Å². The van der Waals surface area contributed by atoms with Crippen LogP contribution in [0.15, 0.2) is 24.3 Å². The standard InChI is InChI=1S/C54H101NO7/c1-6-8-10-12-14-16-18-20-22-24-25-26-27-29-31-33-35-37-39-41-43-45-53(57)62-50(48-60-47-46-51(54(58)59)55(3,4)5)49-61-52(56)44-42-40-38-36-34-32-30-28-23-21-19-17-15-13-11-9-7-2/h21,23,26-27,50-51H,6-20,22,24-25,28-49H2,1-5H3/b23-21+,27-26+. The summed E-state index contributed by atoms with van der Waals surface area (Å²) in [5.41, 5.74) is 0. The van der Waals surface area contributed by atoms with Crippen LogP contribution in [0.4, 0.5) is 0 Å². The highest BCUT2D eigenvalue weighted by Gasteiger charge is 2.25. The number of carboxylic acids is 1. The van der Waals surface area contributed by atoms with Crippen molar-refractivity contribution in [1.82, 2.24) is 0 Å². The van der Waals surface area contributed by atoms with Gasteiger partial charge in [0.25, 0.3) is 0 Å². The van der Waals surface area contributed by atoms with Crippen LogP contribution in [0.1, 0.15) is 251 Å². The number of hydrogen-bond acceptors (Lipinski definition) is 7. The number of hydrogen-bond donors (Lipinski definition) is 0. The minimum absolute atomic E-state index is 0.0410. The number of carbonyl (C=O) groups is 3. The van der Waals surface area contributed by atoms with Crippen LogP contribution in [0.3, 0.4) is 0 Å². The van der Waals surface area contributed by atoms with Gasteiger partial charge in [-0.3, -0.25) is 9.59 Å². The molecule has 0 aliphatic heterocycles. The second-order valence-electron chi connectivity index (χ2n) is 19.1. The van der Waals surface area contributed by atoms with Gasteiger partial charge in [0.1, 0.15) is 12.6 Å². The maximum absolute atomic E-state index is 12.8. The van der Waals surface area contributed by atoms with Crippen LogP contribution in [0, 0.1) is 0 Å². The summed E-state index contributed by atoms with van der Waals surface area (Å²) >= 11 is 0. The number of likely N-dealkylation sites (N-methyl/N-ethyl adjacent to an activating group) is 1. The summed E-state index contributed by atoms with van der Waals surface area (Å²) in [6.45, 7) is 4.69. The first-order valence-electron chi connectivity index (χ1n) is 26.4. The van der Waals surface area contributed by atoms with Gasteiger partial charge in [-0.2, -0.15) is 0 Å². The highest BCUT2D eigenvalue weighted by atomic mass is 16.6. The number of allylic oxidation sites excluding steroid dienone is 4. The average Bonchev–Trinajstić information content (AvgIpc) is 3.23. The van der Waals surface area contributed by atoms with Gasteiger partial charge >= 0.3 is 11.9 Å². The smallest absolute Gasteiger partial charge is 0.306 e. The van der Waals surface area contributed by atoms with E-state index in [0.717, 1.165) is 38.5 Å². The summed E-state index contributed by atoms with van der Waals surface area (Å²) in [5.74, 6) is -1.73. The van der Waals surface area contributed by atoms with E-state index in [1.165, 1.54) is 180 Å². The Hall–Kier alpha value is -2.19. The molecule has 0 fully saturated rings. The van der Waals surface area contributed by atoms with Crippen LogP contribution in [0.25, 0.3) is 0 Å². The quantitative estimate of drug-likeness (QED) is 0.0260. The van der Waals surface area contributed by atoms with Crippen molar-refractivity contribution in [3.63, 3.8) is 0 Å². The zero-order valence-corrected chi connectivity index (χ0v) is 41.6. The van der Waals surface area contributed by atoms with Gasteiger partial charge in [-0.25, -0.2) is 0 Å². The lowest BCUT2D eigenvalue weighted by molar-refractivity contribution is -0.889. The molecule has 0 spiro atoms. The molecule has 0 aliphatic carbocycles. The summed E-state index contributed by atoms with van der Waals surface area (Å²) in [6, 6.07) is -0.726. The van der Waals surface area contributed by atoms with Crippen LogP contribution < -0.4 is 5.11 Å². The van der Waals surface area contributed by atoms with Crippen LogP contribution in [-0.4, -0.2) is 75.5 Å². The Morgan fingerprint density at radius 1 is 0.468 bits per heavy atom. The fraction of sp³-hybridized carbons (Fsp3) is 0.870. The number of carbonyl (C=O) groups excluding carboxylic acids is 3. The van der Waals surface area contributed by atoms with Gasteiger partial charge in [-0.1, -0.05) is 192 Å². The fourth-order valence-corrected chi connectivity index (χ4v) is 7.94. The second kappa shape index (κ2) is 45.4. The molecule has 0 N–H and O–H groups in total. The number of esters is 2. The van der Waals surface area contributed by atoms with Gasteiger partial charge in [0.15, 0.2) is 6.10 Å². The predicted octanol–water partition coefficient (Wildman–Crippen LogP) is 13.9. The number of quaternary nitrogens is 1. The lowest BCUT2D eigenvalue weighted by Crippen LogP contribution is -2.55. The molecule has 0 aromatic carbocycles. The number of unbranched alkanes of at least 4 members (excludes halogenated alkanes) is 30. The van der Waals surface area contributed by atoms with Crippen molar-refractivity contribution in [2.45, 2.75) is 264 Å². The first-order valence-corrected chi connectivity index (χ1v) is 26.4. The molecule has 0 aromatic heterocycles. The monoisotopic (exact) mass is 876 g/mol. The van der Waals surface area contributed by atoms with E-state index in [9.17, 15) is 19.5 Å². The summed E-state index contributed by atoms with van der Waals surface area (Å²) < 4.78 is 17.3. The first-order chi connectivity index (χ1) is 30.1. The first kappa shape index (κ1) is 59.8. The van der Waals surface area contributed by atoms with E-state index in [4.69, 9.17) is 14.2 Å². The average molecular weight is 876 g/mol. The van der Waals surface area contributed by atoms with Crippen LogP contribution in [-0.2, 0) is 28.6 Å². The molecule has 364 valence electrons. The Morgan fingerprint density at radius 3 is 1.16 bits per heavy atom. The van der Waals surface area contributed by atoms with Gasteiger partial charge in [0.05, 0.1) is 40.3 Å². The lowest BCUT2D eigenvalue weighted by Gasteiger charge is -2.34. The molecule has 2 unspecified atom stereocenters. The largest absolute Gasteiger partial charge is 0.544 e. The number of aliphatic carboxylic acids is 1. The fourth-order valence-electron chi connectivity index (χ4n) is 7.94. The zero-order valence-electron chi connectivity index (χ0n) is 41.6. The number of ether oxygens (including phenoxy) is 3. The summed E-state index contributed by atoms with van der Waals surface area (Å²) in [7, 11) is 5.42. The van der Waals surface area contributed by atoms with Crippen molar-refractivity contribution in [2.24, 2.45) is 0 Å². The second-order valence-corrected chi connectivity index (χ2v) is 19.1. The third-order valence-electron chi connectivity index (χ3n) is 12.1. The van der Waals surface area contributed by atoms with Crippen molar-refractivity contribution in [3.05, 3.63) is 24.3 Å². The molecule has 0 radical (unpaired) electrons. The highest BCUT2D eigenvalue weighted by molar-refractivity contribution is 5.70. The molecule has 0 saturated carbocycles. The predicted molar refractivity (Wildman–Crippen MR) is 259 cm³/mol. The maximum atomic E-state index is 12.8. The number of nitrogens with zero attached hydrogens (tertiary/aromatic N) is 1. The SMILES string of the molecule is CCCCCCCC/C=C/CCCCCCCCCC(=O)OCC(COCCC(C(=O)[O-])[N+](C)(C)C)OC(=O)CCCCCCCCC/C=C/CCCCCCCCCCCC. The molecule has 0 rings (SSSR count). The summed E-state index contributed by atoms with van der Waals surface area (Å²) in [5, 5.41) is 11.7. The molecule has 0 heterocycles. The van der Waals surface area contributed by atoms with Crippen molar-refractivity contribution < 1.29 is 38.2 Å². The third kappa shape index (κ3) is 43.1. The van der Waals surface area contributed by atoms with Gasteiger partial charge in [0.2, 0.25) is 0 Å². The van der Waals surface area contributed by atoms with E-state index < -0.39 is 18.1 Å². The molecule has 0 bridgehead atoms. The van der Waals surface area contributed by atoms with Crippen molar-refractivity contribution in [3.8, 4) is 0 Å². The molecule has 0 amide bonds. The molecule has 0 aliphatic rings. The van der Waals surface area contributed by atoms with Gasteiger partial charge in [0, 0.05) is 19.3 Å². The Labute approximate surface area is 383 Å². The Balaban J connectivity index is 4.22. The van der Waals surface area contributed by atoms with Crippen molar-refractivity contribution in [2.75, 3.05) is 41.0 Å². The molecule has 2 atom stereocenters. The van der Waals surface area contributed by atoms with Crippen LogP contribution in [0.2, 0.25) is 0 Å². The highest BCUT2D eigenvalue weighted by Crippen LogP contribution is 2.15. The Bertz CT molecular complexity index is 1070. The van der Waals surface area contributed by atoms with E-state index in [1.807, 2.05) is 0 Å². The molecule has 8 heteroatoms.